The van der Waals surface area contributed by atoms with E-state index >= 15 is 0 Å². The average Bonchev–Trinajstić information content (AvgIpc) is 2.68. The van der Waals surface area contributed by atoms with Gasteiger partial charge in [0.1, 0.15) is 30.0 Å². The van der Waals surface area contributed by atoms with Gasteiger partial charge in [-0.05, 0) is 49.4 Å². The minimum atomic E-state index is -2.94. The van der Waals surface area contributed by atoms with Crippen molar-refractivity contribution in [3.63, 3.8) is 0 Å². The second-order valence-electron chi connectivity index (χ2n) is 6.40. The Balaban J connectivity index is 1.51. The highest BCUT2D eigenvalue weighted by Gasteiger charge is 2.25. The molecule has 0 fully saturated rings. The van der Waals surface area contributed by atoms with E-state index < -0.39 is 5.92 Å². The van der Waals surface area contributed by atoms with Gasteiger partial charge in [-0.2, -0.15) is 0 Å². The molecule has 1 atom stereocenters. The lowest BCUT2D eigenvalue weighted by atomic mass is 10.1. The third kappa shape index (κ3) is 5.67. The number of ether oxygens (including phenoxy) is 3. The lowest BCUT2D eigenvalue weighted by Crippen LogP contribution is -2.21. The Labute approximate surface area is 162 Å². The van der Waals surface area contributed by atoms with Gasteiger partial charge >= 0.3 is 0 Å². The quantitative estimate of drug-likeness (QED) is 0.489. The van der Waals surface area contributed by atoms with E-state index in [4.69, 9.17) is 14.2 Å². The van der Waals surface area contributed by atoms with Crippen LogP contribution in [0.15, 0.2) is 72.9 Å². The number of pyridine rings is 1. The summed E-state index contributed by atoms with van der Waals surface area (Å²) in [6, 6.07) is 19.2. The summed E-state index contributed by atoms with van der Waals surface area (Å²) in [5, 5.41) is 0. The molecule has 0 radical (unpaired) electrons. The van der Waals surface area contributed by atoms with Gasteiger partial charge in [-0.1, -0.05) is 18.2 Å². The van der Waals surface area contributed by atoms with Crippen LogP contribution in [-0.4, -0.2) is 17.7 Å². The molecule has 2 aromatic carbocycles. The van der Waals surface area contributed by atoms with Gasteiger partial charge in [-0.25, -0.2) is 13.8 Å². The van der Waals surface area contributed by atoms with Gasteiger partial charge < -0.3 is 14.2 Å². The second-order valence-corrected chi connectivity index (χ2v) is 6.40. The first kappa shape index (κ1) is 19.6. The van der Waals surface area contributed by atoms with Crippen molar-refractivity contribution in [1.82, 2.24) is 4.98 Å². The maximum Gasteiger partial charge on any atom is 0.270 e. The fourth-order valence-electron chi connectivity index (χ4n) is 2.43. The van der Waals surface area contributed by atoms with Crippen LogP contribution in [0.1, 0.15) is 19.4 Å². The van der Waals surface area contributed by atoms with Gasteiger partial charge in [0.15, 0.2) is 0 Å². The number of nitrogens with zero attached hydrogens (tertiary/aromatic N) is 1. The van der Waals surface area contributed by atoms with Gasteiger partial charge in [0.05, 0.1) is 0 Å². The summed E-state index contributed by atoms with van der Waals surface area (Å²) in [6.07, 6.45) is 0.940. The number of alkyl halides is 2. The summed E-state index contributed by atoms with van der Waals surface area (Å²) in [4.78, 5) is 3.97. The number of hydrogen-bond acceptors (Lipinski definition) is 4. The molecule has 0 aliphatic rings. The largest absolute Gasteiger partial charge is 0.490 e. The molecule has 0 N–H and O–H groups in total. The van der Waals surface area contributed by atoms with Crippen molar-refractivity contribution in [2.24, 2.45) is 0 Å². The minimum absolute atomic E-state index is 0.139. The third-order valence-electron chi connectivity index (χ3n) is 3.85. The normalized spacial score (nSPS) is 12.3. The maximum atomic E-state index is 13.4. The van der Waals surface area contributed by atoms with Gasteiger partial charge in [0.25, 0.3) is 5.92 Å². The van der Waals surface area contributed by atoms with Gasteiger partial charge in [-0.15, -0.1) is 0 Å². The molecule has 1 heterocycles. The van der Waals surface area contributed by atoms with Crippen LogP contribution >= 0.6 is 0 Å². The predicted molar refractivity (Wildman–Crippen MR) is 102 cm³/mol. The number of benzene rings is 2. The van der Waals surface area contributed by atoms with Crippen molar-refractivity contribution >= 4 is 0 Å². The lowest BCUT2D eigenvalue weighted by Gasteiger charge is -2.17. The van der Waals surface area contributed by atoms with Crippen molar-refractivity contribution in [1.29, 1.82) is 0 Å². The van der Waals surface area contributed by atoms with Crippen molar-refractivity contribution in [3.05, 3.63) is 78.5 Å². The first-order valence-corrected chi connectivity index (χ1v) is 8.87. The fraction of sp³-hybridized carbons (Fsp3) is 0.227. The Morgan fingerprint density at radius 1 is 0.929 bits per heavy atom. The molecule has 28 heavy (non-hydrogen) atoms. The fourth-order valence-corrected chi connectivity index (χ4v) is 2.43. The van der Waals surface area contributed by atoms with Crippen LogP contribution in [0, 0.1) is 0 Å². The van der Waals surface area contributed by atoms with Gasteiger partial charge in [0, 0.05) is 24.8 Å². The van der Waals surface area contributed by atoms with Gasteiger partial charge in [0.2, 0.25) is 5.88 Å². The lowest BCUT2D eigenvalue weighted by molar-refractivity contribution is 0.0168. The van der Waals surface area contributed by atoms with Crippen LogP contribution in [0.25, 0.3) is 0 Å². The van der Waals surface area contributed by atoms with Gasteiger partial charge in [-0.3, -0.25) is 0 Å². The topological polar surface area (TPSA) is 40.6 Å². The molecule has 4 nitrogen and oxygen atoms in total. The summed E-state index contributed by atoms with van der Waals surface area (Å²) in [5.41, 5.74) is -0.139. The summed E-state index contributed by atoms with van der Waals surface area (Å²) >= 11 is 0. The molecule has 3 rings (SSSR count). The van der Waals surface area contributed by atoms with Crippen molar-refractivity contribution in [3.8, 4) is 23.1 Å². The standard InChI is InChI=1S/C22H21F2NO3/c1-16(27-21-14-17(12-13-25-21)22(2,23)24)15-26-18-8-10-20(11-9-18)28-19-6-4-3-5-7-19/h3-14,16H,15H2,1-2H3. The zero-order valence-corrected chi connectivity index (χ0v) is 15.6. The van der Waals surface area contributed by atoms with Crippen LogP contribution in [0.3, 0.4) is 0 Å². The molecule has 0 amide bonds. The molecular weight excluding hydrogens is 364 g/mol. The van der Waals surface area contributed by atoms with E-state index in [2.05, 4.69) is 4.98 Å². The highest BCUT2D eigenvalue weighted by molar-refractivity contribution is 5.35. The Morgan fingerprint density at radius 2 is 1.57 bits per heavy atom. The zero-order chi connectivity index (χ0) is 20.0. The molecule has 1 unspecified atom stereocenters. The average molecular weight is 385 g/mol. The molecule has 3 aromatic rings. The molecule has 0 spiro atoms. The Morgan fingerprint density at radius 3 is 2.25 bits per heavy atom. The van der Waals surface area contributed by atoms with Crippen LogP contribution in [0.2, 0.25) is 0 Å². The van der Waals surface area contributed by atoms with E-state index in [-0.39, 0.29) is 24.2 Å². The van der Waals surface area contributed by atoms with E-state index in [1.54, 1.807) is 19.1 Å². The van der Waals surface area contributed by atoms with Crippen LogP contribution in [-0.2, 0) is 5.92 Å². The number of halogens is 2. The molecule has 6 heteroatoms. The number of aromatic nitrogens is 1. The zero-order valence-electron chi connectivity index (χ0n) is 15.6. The molecule has 0 saturated heterocycles. The Bertz CT molecular complexity index is 880. The van der Waals surface area contributed by atoms with Crippen LogP contribution in [0.4, 0.5) is 8.78 Å². The number of rotatable bonds is 8. The molecule has 0 saturated carbocycles. The number of hydrogen-bond donors (Lipinski definition) is 0. The molecule has 146 valence electrons. The number of para-hydroxylation sites is 1. The first-order valence-electron chi connectivity index (χ1n) is 8.87. The highest BCUT2D eigenvalue weighted by Crippen LogP contribution is 2.28. The maximum absolute atomic E-state index is 13.4. The molecule has 0 aliphatic heterocycles. The summed E-state index contributed by atoms with van der Waals surface area (Å²) in [5.74, 6) is -0.695. The summed E-state index contributed by atoms with van der Waals surface area (Å²) in [6.45, 7) is 2.86. The summed E-state index contributed by atoms with van der Waals surface area (Å²) in [7, 11) is 0. The van der Waals surface area contributed by atoms with E-state index in [1.165, 1.54) is 18.3 Å². The Hall–Kier alpha value is -3.15. The highest BCUT2D eigenvalue weighted by atomic mass is 19.3. The minimum Gasteiger partial charge on any atom is -0.490 e. The van der Waals surface area contributed by atoms with E-state index in [0.29, 0.717) is 11.5 Å². The van der Waals surface area contributed by atoms with Crippen molar-refractivity contribution < 1.29 is 23.0 Å². The Kier molecular flexibility index (Phi) is 6.09. The second kappa shape index (κ2) is 8.69. The molecular formula is C22H21F2NO3. The van der Waals surface area contributed by atoms with Crippen LogP contribution in [0.5, 0.6) is 23.1 Å². The SMILES string of the molecule is CC(COc1ccc(Oc2ccccc2)cc1)Oc1cc(C(C)(F)F)ccn1. The van der Waals surface area contributed by atoms with Crippen molar-refractivity contribution in [2.75, 3.05) is 6.61 Å². The first-order chi connectivity index (χ1) is 13.4. The van der Waals surface area contributed by atoms with Crippen molar-refractivity contribution in [2.45, 2.75) is 25.9 Å². The third-order valence-corrected chi connectivity index (χ3v) is 3.85. The smallest absolute Gasteiger partial charge is 0.270 e. The molecule has 0 bridgehead atoms. The molecule has 1 aromatic heterocycles. The van der Waals surface area contributed by atoms with E-state index in [9.17, 15) is 8.78 Å². The van der Waals surface area contributed by atoms with Crippen LogP contribution < -0.4 is 14.2 Å². The summed E-state index contributed by atoms with van der Waals surface area (Å²) < 4.78 is 43.8. The monoisotopic (exact) mass is 385 g/mol. The van der Waals surface area contributed by atoms with E-state index in [0.717, 1.165) is 12.7 Å². The molecule has 0 aliphatic carbocycles. The predicted octanol–water partition coefficient (Wildman–Crippen LogP) is 5.83. The van der Waals surface area contributed by atoms with E-state index in [1.807, 2.05) is 42.5 Å².